The van der Waals surface area contributed by atoms with Crippen LogP contribution < -0.4 is 4.74 Å². The summed E-state index contributed by atoms with van der Waals surface area (Å²) < 4.78 is 18.2. The van der Waals surface area contributed by atoms with Crippen LogP contribution >= 0.6 is 11.3 Å². The van der Waals surface area contributed by atoms with Gasteiger partial charge in [0, 0.05) is 9.75 Å². The summed E-state index contributed by atoms with van der Waals surface area (Å²) in [4.78, 5) is 2.22. The first-order chi connectivity index (χ1) is 8.52. The molecule has 0 radical (unpaired) electrons. The van der Waals surface area contributed by atoms with Crippen molar-refractivity contribution in [3.05, 3.63) is 51.0 Å². The van der Waals surface area contributed by atoms with Crippen LogP contribution in [0.25, 0.3) is 0 Å². The van der Waals surface area contributed by atoms with Crippen molar-refractivity contribution in [2.75, 3.05) is 7.11 Å². The van der Waals surface area contributed by atoms with Crippen molar-refractivity contribution in [2.45, 2.75) is 20.0 Å². The molecule has 2 rings (SSSR count). The third-order valence-electron chi connectivity index (χ3n) is 2.86. The van der Waals surface area contributed by atoms with E-state index in [0.717, 1.165) is 15.3 Å². The van der Waals surface area contributed by atoms with E-state index < -0.39 is 11.9 Å². The van der Waals surface area contributed by atoms with Gasteiger partial charge in [-0.1, -0.05) is 6.07 Å². The topological polar surface area (TPSA) is 29.5 Å². The van der Waals surface area contributed by atoms with Crippen LogP contribution in [-0.2, 0) is 0 Å². The molecule has 1 N–H and O–H groups in total. The molecule has 96 valence electrons. The summed E-state index contributed by atoms with van der Waals surface area (Å²) in [5.41, 5.74) is 1.50. The Bertz CT molecular complexity index is 563. The van der Waals surface area contributed by atoms with E-state index in [4.69, 9.17) is 4.74 Å². The molecule has 0 spiro atoms. The van der Waals surface area contributed by atoms with E-state index in [9.17, 15) is 9.50 Å². The molecule has 2 aromatic rings. The molecule has 1 atom stereocenters. The zero-order valence-electron chi connectivity index (χ0n) is 10.5. The summed E-state index contributed by atoms with van der Waals surface area (Å²) in [6.45, 7) is 3.97. The number of rotatable bonds is 3. The molecule has 0 bridgehead atoms. The van der Waals surface area contributed by atoms with Crippen molar-refractivity contribution < 1.29 is 14.2 Å². The first kappa shape index (κ1) is 13.1. The molecule has 0 aliphatic carbocycles. The average Bonchev–Trinajstić information content (AvgIpc) is 2.68. The number of hydrogen-bond acceptors (Lipinski definition) is 3. The third-order valence-corrected chi connectivity index (χ3v) is 3.85. The van der Waals surface area contributed by atoms with Crippen LogP contribution in [0.5, 0.6) is 5.75 Å². The fraction of sp³-hybridized carbons (Fsp3) is 0.286. The molecule has 0 saturated carbocycles. The molecule has 0 saturated heterocycles. The number of halogens is 1. The highest BCUT2D eigenvalue weighted by molar-refractivity contribution is 7.12. The second-order valence-corrected chi connectivity index (χ2v) is 5.63. The molecule has 18 heavy (non-hydrogen) atoms. The van der Waals surface area contributed by atoms with Crippen LogP contribution in [0.1, 0.15) is 27.0 Å². The van der Waals surface area contributed by atoms with E-state index >= 15 is 0 Å². The minimum absolute atomic E-state index is 0.149. The number of hydrogen-bond donors (Lipinski definition) is 1. The Kier molecular flexibility index (Phi) is 3.68. The van der Waals surface area contributed by atoms with Gasteiger partial charge in [0.05, 0.1) is 7.11 Å². The highest BCUT2D eigenvalue weighted by atomic mass is 32.1. The normalized spacial score (nSPS) is 12.5. The zero-order chi connectivity index (χ0) is 13.3. The quantitative estimate of drug-likeness (QED) is 0.920. The van der Waals surface area contributed by atoms with Gasteiger partial charge in [-0.05, 0) is 43.2 Å². The third kappa shape index (κ3) is 2.40. The number of ether oxygens (including phenoxy) is 1. The molecule has 0 aliphatic heterocycles. The second kappa shape index (κ2) is 5.08. The first-order valence-electron chi connectivity index (χ1n) is 5.61. The molecule has 1 unspecified atom stereocenters. The monoisotopic (exact) mass is 266 g/mol. The fourth-order valence-electron chi connectivity index (χ4n) is 1.95. The SMILES string of the molecule is COc1cc(C(O)c2cc(C)sc2C)ccc1F. The number of aliphatic hydroxyl groups is 1. The Morgan fingerprint density at radius 2 is 2.00 bits per heavy atom. The predicted octanol–water partition coefficient (Wildman–Crippen LogP) is 3.59. The van der Waals surface area contributed by atoms with Crippen LogP contribution in [0.2, 0.25) is 0 Å². The lowest BCUT2D eigenvalue weighted by molar-refractivity contribution is 0.219. The number of thiophene rings is 1. The smallest absolute Gasteiger partial charge is 0.165 e. The average molecular weight is 266 g/mol. The van der Waals surface area contributed by atoms with E-state index in [1.807, 2.05) is 19.9 Å². The Morgan fingerprint density at radius 3 is 2.56 bits per heavy atom. The number of benzene rings is 1. The lowest BCUT2D eigenvalue weighted by Gasteiger charge is -2.12. The van der Waals surface area contributed by atoms with Crippen LogP contribution in [0.4, 0.5) is 4.39 Å². The van der Waals surface area contributed by atoms with Gasteiger partial charge in [-0.2, -0.15) is 0 Å². The molecule has 0 fully saturated rings. The van der Waals surface area contributed by atoms with Crippen LogP contribution in [0.15, 0.2) is 24.3 Å². The molecule has 1 heterocycles. The molecule has 2 nitrogen and oxygen atoms in total. The van der Waals surface area contributed by atoms with Crippen molar-refractivity contribution in [1.82, 2.24) is 0 Å². The van der Waals surface area contributed by atoms with E-state index in [-0.39, 0.29) is 5.75 Å². The largest absolute Gasteiger partial charge is 0.494 e. The maximum atomic E-state index is 13.3. The second-order valence-electron chi connectivity index (χ2n) is 4.17. The van der Waals surface area contributed by atoms with E-state index in [2.05, 4.69) is 0 Å². The van der Waals surface area contributed by atoms with Crippen molar-refractivity contribution >= 4 is 11.3 Å². The fourth-order valence-corrected chi connectivity index (χ4v) is 2.91. The maximum Gasteiger partial charge on any atom is 0.165 e. The minimum atomic E-state index is -0.746. The van der Waals surface area contributed by atoms with Gasteiger partial charge < -0.3 is 9.84 Å². The van der Waals surface area contributed by atoms with E-state index in [1.54, 1.807) is 17.4 Å². The molecule has 0 aliphatic rings. The van der Waals surface area contributed by atoms with Crippen LogP contribution in [0.3, 0.4) is 0 Å². The summed E-state index contributed by atoms with van der Waals surface area (Å²) in [6, 6.07) is 6.38. The van der Waals surface area contributed by atoms with Gasteiger partial charge in [-0.15, -0.1) is 11.3 Å². The van der Waals surface area contributed by atoms with Crippen molar-refractivity contribution in [2.24, 2.45) is 0 Å². The predicted molar refractivity (Wildman–Crippen MR) is 70.8 cm³/mol. The maximum absolute atomic E-state index is 13.3. The highest BCUT2D eigenvalue weighted by Gasteiger charge is 2.16. The summed E-state index contributed by atoms with van der Waals surface area (Å²) in [5.74, 6) is -0.275. The number of aryl methyl sites for hydroxylation is 2. The van der Waals surface area contributed by atoms with Gasteiger partial charge in [0.2, 0.25) is 0 Å². The Morgan fingerprint density at radius 1 is 1.28 bits per heavy atom. The van der Waals surface area contributed by atoms with Gasteiger partial charge >= 0.3 is 0 Å². The number of aliphatic hydroxyl groups excluding tert-OH is 1. The van der Waals surface area contributed by atoms with E-state index in [1.165, 1.54) is 19.2 Å². The standard InChI is InChI=1S/C14H15FO2S/c1-8-6-11(9(2)18-8)14(16)10-4-5-12(15)13(7-10)17-3/h4-7,14,16H,1-3H3. The zero-order valence-corrected chi connectivity index (χ0v) is 11.3. The first-order valence-corrected chi connectivity index (χ1v) is 6.43. The van der Waals surface area contributed by atoms with Gasteiger partial charge in [-0.25, -0.2) is 4.39 Å². The van der Waals surface area contributed by atoms with Gasteiger partial charge in [-0.3, -0.25) is 0 Å². The van der Waals surface area contributed by atoms with Crippen LogP contribution in [0, 0.1) is 19.7 Å². The van der Waals surface area contributed by atoms with Crippen LogP contribution in [-0.4, -0.2) is 12.2 Å². The molecule has 0 amide bonds. The highest BCUT2D eigenvalue weighted by Crippen LogP contribution is 2.32. The molecular weight excluding hydrogens is 251 g/mol. The van der Waals surface area contributed by atoms with E-state index in [0.29, 0.717) is 5.56 Å². The molecular formula is C14H15FO2S. The Labute approximate surface area is 110 Å². The minimum Gasteiger partial charge on any atom is -0.494 e. The lowest BCUT2D eigenvalue weighted by Crippen LogP contribution is -2.01. The lowest BCUT2D eigenvalue weighted by atomic mass is 10.0. The summed E-state index contributed by atoms with van der Waals surface area (Å²) >= 11 is 1.64. The molecule has 1 aromatic heterocycles. The van der Waals surface area contributed by atoms with Crippen molar-refractivity contribution in [3.63, 3.8) is 0 Å². The van der Waals surface area contributed by atoms with Crippen molar-refractivity contribution in [3.8, 4) is 5.75 Å². The Hall–Kier alpha value is -1.39. The van der Waals surface area contributed by atoms with Crippen molar-refractivity contribution in [1.29, 1.82) is 0 Å². The molecule has 1 aromatic carbocycles. The molecule has 4 heteroatoms. The van der Waals surface area contributed by atoms with Gasteiger partial charge in [0.1, 0.15) is 6.10 Å². The van der Waals surface area contributed by atoms with Gasteiger partial charge in [0.15, 0.2) is 11.6 Å². The summed E-state index contributed by atoms with van der Waals surface area (Å²) in [6.07, 6.45) is -0.746. The number of methoxy groups -OCH3 is 1. The van der Waals surface area contributed by atoms with Gasteiger partial charge in [0.25, 0.3) is 0 Å². The Balaban J connectivity index is 2.39. The summed E-state index contributed by atoms with van der Waals surface area (Å²) in [5, 5.41) is 10.3. The summed E-state index contributed by atoms with van der Waals surface area (Å²) in [7, 11) is 1.41.